The molecule has 0 saturated carbocycles. The smallest absolute Gasteiger partial charge is 0.180 e. The molecule has 19 heavy (non-hydrogen) atoms. The summed E-state index contributed by atoms with van der Waals surface area (Å²) in [5.41, 5.74) is 5.67. The molecule has 2 fully saturated rings. The number of rotatable bonds is 3. The van der Waals surface area contributed by atoms with Crippen molar-refractivity contribution in [2.24, 2.45) is 0 Å². The number of anilines is 1. The van der Waals surface area contributed by atoms with Gasteiger partial charge >= 0.3 is 0 Å². The average molecular weight is 282 g/mol. The fourth-order valence-corrected chi connectivity index (χ4v) is 3.68. The van der Waals surface area contributed by atoms with Crippen LogP contribution in [0.1, 0.15) is 17.7 Å². The summed E-state index contributed by atoms with van der Waals surface area (Å²) in [6.45, 7) is 7.52. The molecule has 2 aliphatic heterocycles. The normalized spacial score (nSPS) is 23.8. The Kier molecular flexibility index (Phi) is 4.32. The molecule has 3 heterocycles. The molecular weight excluding hydrogens is 260 g/mol. The molecule has 1 aromatic heterocycles. The van der Waals surface area contributed by atoms with Crippen LogP contribution >= 0.6 is 11.3 Å². The van der Waals surface area contributed by atoms with E-state index in [2.05, 4.69) is 14.8 Å². The summed E-state index contributed by atoms with van der Waals surface area (Å²) in [5.74, 6) is 0. The Labute approximate surface area is 118 Å². The number of ether oxygens (including phenoxy) is 1. The fourth-order valence-electron chi connectivity index (χ4n) is 2.95. The first-order valence-corrected chi connectivity index (χ1v) is 7.87. The topological polar surface area (TPSA) is 54.6 Å². The minimum atomic E-state index is 0.677. The molecule has 3 rings (SSSR count). The Bertz CT molecular complexity index is 397. The fraction of sp³-hybridized carbons (Fsp3) is 0.769. The van der Waals surface area contributed by atoms with Gasteiger partial charge in [-0.3, -0.25) is 9.80 Å². The maximum absolute atomic E-state index is 5.67. The first-order valence-electron chi connectivity index (χ1n) is 7.05. The highest BCUT2D eigenvalue weighted by molar-refractivity contribution is 7.15. The summed E-state index contributed by atoms with van der Waals surface area (Å²) < 4.78 is 5.44. The number of nitrogens with two attached hydrogens (primary N) is 1. The van der Waals surface area contributed by atoms with Gasteiger partial charge < -0.3 is 10.5 Å². The van der Waals surface area contributed by atoms with Crippen LogP contribution < -0.4 is 5.73 Å². The van der Waals surface area contributed by atoms with Gasteiger partial charge in [0.15, 0.2) is 5.13 Å². The molecule has 0 spiro atoms. The molecule has 2 aliphatic rings. The zero-order valence-corrected chi connectivity index (χ0v) is 12.1. The van der Waals surface area contributed by atoms with Crippen molar-refractivity contribution in [2.75, 3.05) is 45.1 Å². The van der Waals surface area contributed by atoms with E-state index >= 15 is 0 Å². The summed E-state index contributed by atoms with van der Waals surface area (Å²) in [5, 5.41) is 0.677. The minimum absolute atomic E-state index is 0.677. The number of hydrogen-bond donors (Lipinski definition) is 1. The molecule has 0 bridgehead atoms. The van der Waals surface area contributed by atoms with Crippen LogP contribution in [0.3, 0.4) is 0 Å². The Morgan fingerprint density at radius 2 is 2.00 bits per heavy atom. The minimum Gasteiger partial charge on any atom is -0.381 e. The zero-order chi connectivity index (χ0) is 13.1. The van der Waals surface area contributed by atoms with Gasteiger partial charge in [-0.2, -0.15) is 0 Å². The summed E-state index contributed by atoms with van der Waals surface area (Å²) in [6, 6.07) is 0.745. The van der Waals surface area contributed by atoms with Gasteiger partial charge in [0.1, 0.15) is 0 Å². The molecule has 0 amide bonds. The van der Waals surface area contributed by atoms with E-state index in [9.17, 15) is 0 Å². The Hall–Kier alpha value is -0.690. The van der Waals surface area contributed by atoms with Crippen LogP contribution in [0.2, 0.25) is 0 Å². The van der Waals surface area contributed by atoms with Gasteiger partial charge in [-0.05, 0) is 12.8 Å². The van der Waals surface area contributed by atoms with E-state index in [1.54, 1.807) is 11.3 Å². The van der Waals surface area contributed by atoms with Gasteiger partial charge in [0.05, 0.1) is 0 Å². The second-order valence-corrected chi connectivity index (χ2v) is 6.47. The largest absolute Gasteiger partial charge is 0.381 e. The molecule has 0 aliphatic carbocycles. The second-order valence-electron chi connectivity index (χ2n) is 5.32. The highest BCUT2D eigenvalue weighted by atomic mass is 32.1. The van der Waals surface area contributed by atoms with E-state index in [0.29, 0.717) is 5.13 Å². The van der Waals surface area contributed by atoms with Crippen molar-refractivity contribution < 1.29 is 4.74 Å². The third kappa shape index (κ3) is 3.45. The number of piperazine rings is 1. The number of nitrogens with zero attached hydrogens (tertiary/aromatic N) is 3. The Morgan fingerprint density at radius 3 is 2.63 bits per heavy atom. The van der Waals surface area contributed by atoms with Crippen molar-refractivity contribution >= 4 is 16.5 Å². The SMILES string of the molecule is Nc1ncc(CN2CCN(C3CCOCC3)CC2)s1. The van der Waals surface area contributed by atoms with Gasteiger partial charge in [0.25, 0.3) is 0 Å². The first-order chi connectivity index (χ1) is 9.31. The molecule has 0 aromatic carbocycles. The molecule has 1 aromatic rings. The third-order valence-corrected chi connectivity index (χ3v) is 4.88. The van der Waals surface area contributed by atoms with Crippen LogP contribution in [-0.4, -0.2) is 60.2 Å². The van der Waals surface area contributed by atoms with Gasteiger partial charge in [0.2, 0.25) is 0 Å². The highest BCUT2D eigenvalue weighted by Crippen LogP contribution is 2.20. The summed E-state index contributed by atoms with van der Waals surface area (Å²) in [6.07, 6.45) is 4.31. The van der Waals surface area contributed by atoms with E-state index in [4.69, 9.17) is 10.5 Å². The number of nitrogen functional groups attached to an aromatic ring is 1. The average Bonchev–Trinajstić information content (AvgIpc) is 2.86. The van der Waals surface area contributed by atoms with E-state index in [1.807, 2.05) is 6.20 Å². The predicted octanol–water partition coefficient (Wildman–Crippen LogP) is 1.02. The van der Waals surface area contributed by atoms with Crippen LogP contribution in [-0.2, 0) is 11.3 Å². The zero-order valence-electron chi connectivity index (χ0n) is 11.3. The highest BCUT2D eigenvalue weighted by Gasteiger charge is 2.25. The lowest BCUT2D eigenvalue weighted by Crippen LogP contribution is -2.51. The van der Waals surface area contributed by atoms with Crippen LogP contribution in [0.15, 0.2) is 6.20 Å². The lowest BCUT2D eigenvalue weighted by atomic mass is 10.1. The van der Waals surface area contributed by atoms with Crippen molar-refractivity contribution in [2.45, 2.75) is 25.4 Å². The maximum atomic E-state index is 5.67. The molecular formula is C13H22N4OS. The summed E-state index contributed by atoms with van der Waals surface area (Å²) in [4.78, 5) is 10.5. The number of hydrogen-bond acceptors (Lipinski definition) is 6. The van der Waals surface area contributed by atoms with Crippen LogP contribution in [0, 0.1) is 0 Å². The molecule has 0 atom stereocenters. The van der Waals surface area contributed by atoms with Crippen molar-refractivity contribution in [3.63, 3.8) is 0 Å². The van der Waals surface area contributed by atoms with Crippen LogP contribution in [0.4, 0.5) is 5.13 Å². The Morgan fingerprint density at radius 1 is 1.26 bits per heavy atom. The molecule has 106 valence electrons. The number of aromatic nitrogens is 1. The predicted molar refractivity (Wildman–Crippen MR) is 77.2 cm³/mol. The molecule has 6 heteroatoms. The summed E-state index contributed by atoms with van der Waals surface area (Å²) in [7, 11) is 0. The van der Waals surface area contributed by atoms with Crippen molar-refractivity contribution in [1.82, 2.24) is 14.8 Å². The number of thiazole rings is 1. The molecule has 2 N–H and O–H groups in total. The molecule has 0 unspecified atom stereocenters. The van der Waals surface area contributed by atoms with Crippen molar-refractivity contribution in [1.29, 1.82) is 0 Å². The standard InChI is InChI=1S/C13H22N4OS/c14-13-15-9-12(19-13)10-16-3-5-17(6-4-16)11-1-7-18-8-2-11/h9,11H,1-8,10H2,(H2,14,15). The van der Waals surface area contributed by atoms with Gasteiger partial charge in [-0.25, -0.2) is 4.98 Å². The van der Waals surface area contributed by atoms with Crippen LogP contribution in [0.5, 0.6) is 0 Å². The summed E-state index contributed by atoms with van der Waals surface area (Å²) >= 11 is 1.61. The molecule has 0 radical (unpaired) electrons. The van der Waals surface area contributed by atoms with E-state index in [-0.39, 0.29) is 0 Å². The Balaban J connectivity index is 1.46. The lowest BCUT2D eigenvalue weighted by Gasteiger charge is -2.40. The monoisotopic (exact) mass is 282 g/mol. The van der Waals surface area contributed by atoms with E-state index < -0.39 is 0 Å². The second kappa shape index (κ2) is 6.17. The van der Waals surface area contributed by atoms with Crippen LogP contribution in [0.25, 0.3) is 0 Å². The van der Waals surface area contributed by atoms with Crippen molar-refractivity contribution in [3.8, 4) is 0 Å². The molecule has 5 nitrogen and oxygen atoms in total. The quantitative estimate of drug-likeness (QED) is 0.897. The van der Waals surface area contributed by atoms with Gasteiger partial charge in [-0.1, -0.05) is 0 Å². The maximum Gasteiger partial charge on any atom is 0.180 e. The van der Waals surface area contributed by atoms with E-state index in [0.717, 1.165) is 38.9 Å². The van der Waals surface area contributed by atoms with E-state index in [1.165, 1.54) is 30.8 Å². The molecule has 2 saturated heterocycles. The van der Waals surface area contributed by atoms with Gasteiger partial charge in [0, 0.05) is 63.1 Å². The van der Waals surface area contributed by atoms with Crippen molar-refractivity contribution in [3.05, 3.63) is 11.1 Å². The van der Waals surface area contributed by atoms with Gasteiger partial charge in [-0.15, -0.1) is 11.3 Å². The third-order valence-electron chi connectivity index (χ3n) is 4.06. The first kappa shape index (κ1) is 13.3. The lowest BCUT2D eigenvalue weighted by molar-refractivity contribution is 0.0127.